The summed E-state index contributed by atoms with van der Waals surface area (Å²) in [5.74, 6) is 0.393. The second-order valence-electron chi connectivity index (χ2n) is 8.74. The molecule has 0 bridgehead atoms. The third-order valence-corrected chi connectivity index (χ3v) is 6.30. The number of rotatable bonds is 8. The highest BCUT2D eigenvalue weighted by molar-refractivity contribution is 5.94. The van der Waals surface area contributed by atoms with E-state index in [-0.39, 0.29) is 23.2 Å². The number of hydrogen-bond acceptors (Lipinski definition) is 6. The Labute approximate surface area is 201 Å². The molecule has 2 aromatic carbocycles. The zero-order valence-corrected chi connectivity index (χ0v) is 19.7. The van der Waals surface area contributed by atoms with Crippen LogP contribution >= 0.6 is 0 Å². The number of carbonyl (C=O) groups is 1. The molecule has 1 aromatic heterocycles. The minimum Gasteiger partial charge on any atom is -0.476 e. The van der Waals surface area contributed by atoms with Crippen molar-refractivity contribution in [2.75, 3.05) is 37.7 Å². The minimum absolute atomic E-state index is 0.206. The van der Waals surface area contributed by atoms with E-state index in [4.69, 9.17) is 16.2 Å². The van der Waals surface area contributed by atoms with Gasteiger partial charge in [-0.05, 0) is 61.5 Å². The van der Waals surface area contributed by atoms with Gasteiger partial charge in [0.15, 0.2) is 0 Å². The van der Waals surface area contributed by atoms with Crippen molar-refractivity contribution < 1.29 is 9.53 Å². The third-order valence-electron chi connectivity index (χ3n) is 6.30. The number of ether oxygens (including phenoxy) is 1. The minimum atomic E-state index is -0.256. The van der Waals surface area contributed by atoms with Crippen LogP contribution in [0, 0.1) is 5.92 Å². The van der Waals surface area contributed by atoms with E-state index < -0.39 is 0 Å². The summed E-state index contributed by atoms with van der Waals surface area (Å²) in [6.45, 7) is 5.83. The quantitative estimate of drug-likeness (QED) is 0.471. The van der Waals surface area contributed by atoms with Crippen molar-refractivity contribution in [3.05, 3.63) is 71.9 Å². The molecule has 0 aliphatic carbocycles. The monoisotopic (exact) mass is 459 g/mol. The smallest absolute Gasteiger partial charge is 0.270 e. The van der Waals surface area contributed by atoms with Gasteiger partial charge >= 0.3 is 0 Å². The molecule has 178 valence electrons. The molecule has 4 rings (SSSR count). The second-order valence-corrected chi connectivity index (χ2v) is 8.74. The van der Waals surface area contributed by atoms with Gasteiger partial charge < -0.3 is 21.5 Å². The van der Waals surface area contributed by atoms with Crippen molar-refractivity contribution in [3.63, 3.8) is 0 Å². The Bertz CT molecular complexity index is 1090. The summed E-state index contributed by atoms with van der Waals surface area (Å²) in [7, 11) is 0. The molecule has 7 heteroatoms. The van der Waals surface area contributed by atoms with E-state index in [1.807, 2.05) is 13.0 Å². The number of amides is 1. The molecular weight excluding hydrogens is 426 g/mol. The maximum atomic E-state index is 12.6. The van der Waals surface area contributed by atoms with Gasteiger partial charge in [-0.25, -0.2) is 4.98 Å². The van der Waals surface area contributed by atoms with Crippen LogP contribution in [0.15, 0.2) is 60.7 Å². The summed E-state index contributed by atoms with van der Waals surface area (Å²) in [5.41, 5.74) is 16.4. The van der Waals surface area contributed by atoms with Crippen LogP contribution in [0.2, 0.25) is 0 Å². The number of nitrogen functional groups attached to an aromatic ring is 2. The first-order chi connectivity index (χ1) is 16.5. The van der Waals surface area contributed by atoms with Crippen LogP contribution in [0.1, 0.15) is 35.8 Å². The SMILES string of the molecule is CCOc1nc(C(=O)NCC2CCN(Cc3ccc(-c4ccccc4)cc3)CC2)cc(N)c1N. The van der Waals surface area contributed by atoms with Crippen molar-refractivity contribution in [3.8, 4) is 17.0 Å². The van der Waals surface area contributed by atoms with Crippen LogP contribution in [0.5, 0.6) is 5.88 Å². The first-order valence-corrected chi connectivity index (χ1v) is 11.9. The van der Waals surface area contributed by atoms with Crippen LogP contribution in [0.3, 0.4) is 0 Å². The Balaban J connectivity index is 1.24. The van der Waals surface area contributed by atoms with Crippen molar-refractivity contribution in [2.24, 2.45) is 5.92 Å². The topological polar surface area (TPSA) is 106 Å². The number of piperidine rings is 1. The normalized spacial score (nSPS) is 14.6. The molecule has 1 saturated heterocycles. The van der Waals surface area contributed by atoms with Crippen LogP contribution in [-0.2, 0) is 6.54 Å². The maximum Gasteiger partial charge on any atom is 0.270 e. The number of benzene rings is 2. The molecule has 0 spiro atoms. The first-order valence-electron chi connectivity index (χ1n) is 11.9. The molecule has 2 heterocycles. The average molecular weight is 460 g/mol. The van der Waals surface area contributed by atoms with E-state index in [2.05, 4.69) is 63.7 Å². The number of aromatic nitrogens is 1. The Morgan fingerprint density at radius 2 is 1.74 bits per heavy atom. The predicted molar refractivity (Wildman–Crippen MR) is 136 cm³/mol. The second kappa shape index (κ2) is 11.0. The highest BCUT2D eigenvalue weighted by Crippen LogP contribution is 2.26. The molecule has 34 heavy (non-hydrogen) atoms. The number of anilines is 2. The van der Waals surface area contributed by atoms with Crippen LogP contribution in [-0.4, -0.2) is 42.0 Å². The molecule has 0 unspecified atom stereocenters. The summed E-state index contributed by atoms with van der Waals surface area (Å²) in [6.07, 6.45) is 2.09. The fourth-order valence-electron chi connectivity index (χ4n) is 4.28. The van der Waals surface area contributed by atoms with E-state index in [0.29, 0.717) is 24.8 Å². The summed E-state index contributed by atoms with van der Waals surface area (Å²) in [5, 5.41) is 3.00. The molecular formula is C27H33N5O2. The summed E-state index contributed by atoms with van der Waals surface area (Å²) < 4.78 is 5.39. The van der Waals surface area contributed by atoms with Gasteiger partial charge in [0.05, 0.1) is 12.3 Å². The standard InChI is InChI=1S/C27H33N5O2/c1-2-34-27-25(29)23(28)16-24(31-27)26(33)30-17-19-12-14-32(15-13-19)18-20-8-10-22(11-9-20)21-6-4-3-5-7-21/h3-11,16,19H,2,12-15,17-18,29H2,1H3,(H2,28,31)(H,30,33). The average Bonchev–Trinajstić information content (AvgIpc) is 2.87. The fraction of sp³-hybridized carbons (Fsp3) is 0.333. The number of pyridine rings is 1. The molecule has 1 amide bonds. The van der Waals surface area contributed by atoms with E-state index in [1.54, 1.807) is 0 Å². The fourth-order valence-corrected chi connectivity index (χ4v) is 4.28. The summed E-state index contributed by atoms with van der Waals surface area (Å²) in [6, 6.07) is 20.8. The molecule has 0 atom stereocenters. The van der Waals surface area contributed by atoms with Gasteiger partial charge in [-0.1, -0.05) is 54.6 Å². The molecule has 1 fully saturated rings. The van der Waals surface area contributed by atoms with Crippen molar-refractivity contribution in [2.45, 2.75) is 26.3 Å². The Kier molecular flexibility index (Phi) is 7.65. The van der Waals surface area contributed by atoms with Crippen molar-refractivity contribution in [1.29, 1.82) is 0 Å². The molecule has 5 N–H and O–H groups in total. The number of nitrogens with zero attached hydrogens (tertiary/aromatic N) is 2. The lowest BCUT2D eigenvalue weighted by Crippen LogP contribution is -2.38. The lowest BCUT2D eigenvalue weighted by atomic mass is 9.96. The van der Waals surface area contributed by atoms with E-state index in [1.165, 1.54) is 22.8 Å². The van der Waals surface area contributed by atoms with E-state index in [9.17, 15) is 4.79 Å². The van der Waals surface area contributed by atoms with Crippen LogP contribution in [0.25, 0.3) is 11.1 Å². The van der Waals surface area contributed by atoms with Gasteiger partial charge in [0.25, 0.3) is 5.91 Å². The molecule has 3 aromatic rings. The van der Waals surface area contributed by atoms with Gasteiger partial charge in [0, 0.05) is 13.1 Å². The highest BCUT2D eigenvalue weighted by atomic mass is 16.5. The largest absolute Gasteiger partial charge is 0.476 e. The maximum absolute atomic E-state index is 12.6. The number of carbonyl (C=O) groups excluding carboxylic acids is 1. The van der Waals surface area contributed by atoms with E-state index >= 15 is 0 Å². The van der Waals surface area contributed by atoms with E-state index in [0.717, 1.165) is 32.5 Å². The van der Waals surface area contributed by atoms with Gasteiger partial charge in [0.2, 0.25) is 5.88 Å². The lowest BCUT2D eigenvalue weighted by Gasteiger charge is -2.32. The Morgan fingerprint density at radius 1 is 1.06 bits per heavy atom. The number of nitrogens with one attached hydrogen (secondary N) is 1. The molecule has 7 nitrogen and oxygen atoms in total. The molecule has 0 saturated carbocycles. The lowest BCUT2D eigenvalue weighted by molar-refractivity contribution is 0.0929. The summed E-state index contributed by atoms with van der Waals surface area (Å²) in [4.78, 5) is 19.3. The van der Waals surface area contributed by atoms with Crippen LogP contribution < -0.4 is 21.5 Å². The Hall–Kier alpha value is -3.58. The van der Waals surface area contributed by atoms with Crippen molar-refractivity contribution >= 4 is 17.3 Å². The Morgan fingerprint density at radius 3 is 2.41 bits per heavy atom. The van der Waals surface area contributed by atoms with Gasteiger partial charge in [-0.15, -0.1) is 0 Å². The molecule has 1 aliphatic heterocycles. The van der Waals surface area contributed by atoms with Gasteiger partial charge in [0.1, 0.15) is 11.4 Å². The summed E-state index contributed by atoms with van der Waals surface area (Å²) >= 11 is 0. The third kappa shape index (κ3) is 5.85. The molecule has 1 aliphatic rings. The highest BCUT2D eigenvalue weighted by Gasteiger charge is 2.21. The van der Waals surface area contributed by atoms with Gasteiger partial charge in [-0.2, -0.15) is 0 Å². The van der Waals surface area contributed by atoms with Gasteiger partial charge in [-0.3, -0.25) is 9.69 Å². The first kappa shape index (κ1) is 23.6. The number of hydrogen-bond donors (Lipinski definition) is 3. The zero-order chi connectivity index (χ0) is 23.9. The van der Waals surface area contributed by atoms with Crippen molar-refractivity contribution in [1.82, 2.24) is 15.2 Å². The van der Waals surface area contributed by atoms with Crippen LogP contribution in [0.4, 0.5) is 11.4 Å². The predicted octanol–water partition coefficient (Wildman–Crippen LogP) is 3.95. The zero-order valence-electron chi connectivity index (χ0n) is 19.7. The molecule has 0 radical (unpaired) electrons. The number of likely N-dealkylation sites (tertiary alicyclic amines) is 1. The number of nitrogens with two attached hydrogens (primary N) is 2.